The standard InChI is InChI=1S/C33H58N2O4S2/c1-3-4-5-6-7-8-9-10-11-12-13-14-15-16-17-20-23-34-33(37)39-27-30-29(28-41-30)32-35(25-26-40-32)24-21-18-19-22-31(36)38-2/h25-26,29-30H,3-24,27-28H2,1-2H3/p+1. The van der Waals surface area contributed by atoms with Crippen molar-refractivity contribution in [2.75, 3.05) is 26.0 Å². The van der Waals surface area contributed by atoms with Crippen LogP contribution in [-0.2, 0) is 20.8 Å². The molecule has 0 radical (unpaired) electrons. The molecule has 0 aromatic carbocycles. The first-order valence-electron chi connectivity index (χ1n) is 16.7. The molecule has 41 heavy (non-hydrogen) atoms. The number of methoxy groups -OCH3 is 1. The number of hydrogen-bond donors (Lipinski definition) is 1. The maximum atomic E-state index is 12.2. The molecule has 1 amide bonds. The number of unbranched alkanes of at least 4 members (excludes halogenated alkanes) is 17. The molecule has 1 saturated heterocycles. The molecule has 0 spiro atoms. The van der Waals surface area contributed by atoms with Crippen molar-refractivity contribution in [3.63, 3.8) is 0 Å². The number of aryl methyl sites for hydroxylation is 1. The summed E-state index contributed by atoms with van der Waals surface area (Å²) in [4.78, 5) is 23.5. The lowest BCUT2D eigenvalue weighted by Crippen LogP contribution is -2.44. The summed E-state index contributed by atoms with van der Waals surface area (Å²) in [6.07, 6.45) is 27.0. The van der Waals surface area contributed by atoms with Gasteiger partial charge in [0.15, 0.2) is 6.20 Å². The Balaban J connectivity index is 1.40. The van der Waals surface area contributed by atoms with Gasteiger partial charge in [-0.15, -0.1) is 0 Å². The van der Waals surface area contributed by atoms with Crippen LogP contribution in [0.1, 0.15) is 146 Å². The van der Waals surface area contributed by atoms with Crippen LogP contribution in [0.15, 0.2) is 11.6 Å². The Hall–Kier alpha value is -1.28. The quantitative estimate of drug-likeness (QED) is 0.0643. The smallest absolute Gasteiger partial charge is 0.407 e. The Labute approximate surface area is 259 Å². The van der Waals surface area contributed by atoms with Gasteiger partial charge < -0.3 is 14.8 Å². The Morgan fingerprint density at radius 3 is 2.00 bits per heavy atom. The molecule has 6 nitrogen and oxygen atoms in total. The van der Waals surface area contributed by atoms with Gasteiger partial charge >= 0.3 is 12.1 Å². The van der Waals surface area contributed by atoms with E-state index >= 15 is 0 Å². The number of carbonyl (C=O) groups is 2. The van der Waals surface area contributed by atoms with E-state index in [0.717, 1.165) is 38.0 Å². The average molecular weight is 612 g/mol. The Morgan fingerprint density at radius 1 is 0.854 bits per heavy atom. The molecule has 1 aromatic heterocycles. The lowest BCUT2D eigenvalue weighted by atomic mass is 10.0. The summed E-state index contributed by atoms with van der Waals surface area (Å²) in [6, 6.07) is 0. The summed E-state index contributed by atoms with van der Waals surface area (Å²) >= 11 is 3.68. The second-order valence-electron chi connectivity index (χ2n) is 11.6. The molecule has 1 aliphatic rings. The molecule has 0 saturated carbocycles. The van der Waals surface area contributed by atoms with E-state index < -0.39 is 0 Å². The molecule has 8 heteroatoms. The summed E-state index contributed by atoms with van der Waals surface area (Å²) in [5.41, 5.74) is 0. The van der Waals surface area contributed by atoms with Gasteiger partial charge in [-0.25, -0.2) is 4.79 Å². The normalized spacial score (nSPS) is 16.3. The number of amides is 1. The average Bonchev–Trinajstić information content (AvgIpc) is 3.41. The number of rotatable bonds is 26. The van der Waals surface area contributed by atoms with E-state index in [4.69, 9.17) is 9.47 Å². The fourth-order valence-electron chi connectivity index (χ4n) is 5.43. The van der Waals surface area contributed by atoms with Crippen LogP contribution in [0.5, 0.6) is 0 Å². The van der Waals surface area contributed by atoms with Crippen LogP contribution in [0.3, 0.4) is 0 Å². The molecule has 2 heterocycles. The zero-order valence-corrected chi connectivity index (χ0v) is 27.8. The summed E-state index contributed by atoms with van der Waals surface area (Å²) in [5, 5.41) is 6.80. The number of aromatic nitrogens is 1. The van der Waals surface area contributed by atoms with Crippen molar-refractivity contribution < 1.29 is 23.6 Å². The summed E-state index contributed by atoms with van der Waals surface area (Å²) in [7, 11) is 1.44. The molecule has 2 unspecified atom stereocenters. The van der Waals surface area contributed by atoms with Gasteiger partial charge in [0.1, 0.15) is 13.2 Å². The topological polar surface area (TPSA) is 68.5 Å². The zero-order valence-electron chi connectivity index (χ0n) is 26.2. The Kier molecular flexibility index (Phi) is 21.2. The molecule has 1 fully saturated rings. The highest BCUT2D eigenvalue weighted by atomic mass is 32.2. The minimum absolute atomic E-state index is 0.128. The van der Waals surface area contributed by atoms with Crippen LogP contribution in [0, 0.1) is 0 Å². The highest BCUT2D eigenvalue weighted by Crippen LogP contribution is 2.42. The number of ether oxygens (including phenoxy) is 2. The largest absolute Gasteiger partial charge is 0.469 e. The zero-order chi connectivity index (χ0) is 29.4. The number of hydrogen-bond acceptors (Lipinski definition) is 6. The van der Waals surface area contributed by atoms with Crippen LogP contribution in [0.4, 0.5) is 4.79 Å². The van der Waals surface area contributed by atoms with Gasteiger partial charge in [0, 0.05) is 25.1 Å². The summed E-state index contributed by atoms with van der Waals surface area (Å²) in [5.74, 6) is 1.40. The highest BCUT2D eigenvalue weighted by molar-refractivity contribution is 8.01. The van der Waals surface area contributed by atoms with E-state index in [1.54, 1.807) is 11.3 Å². The van der Waals surface area contributed by atoms with Crippen molar-refractivity contribution in [3.05, 3.63) is 16.6 Å². The fourth-order valence-corrected chi connectivity index (χ4v) is 7.78. The predicted molar refractivity (Wildman–Crippen MR) is 173 cm³/mol. The number of carbonyl (C=O) groups excluding carboxylic acids is 2. The van der Waals surface area contributed by atoms with Crippen LogP contribution >= 0.6 is 23.1 Å². The Bertz CT molecular complexity index is 804. The lowest BCUT2D eigenvalue weighted by molar-refractivity contribution is -0.700. The minimum atomic E-state index is -0.276. The van der Waals surface area contributed by atoms with E-state index in [1.807, 2.05) is 11.8 Å². The van der Waals surface area contributed by atoms with Crippen LogP contribution in [0.2, 0.25) is 0 Å². The molecule has 1 aromatic rings. The van der Waals surface area contributed by atoms with Gasteiger partial charge in [0.25, 0.3) is 0 Å². The molecule has 2 atom stereocenters. The first kappa shape index (κ1) is 35.9. The van der Waals surface area contributed by atoms with Crippen LogP contribution in [0.25, 0.3) is 0 Å². The van der Waals surface area contributed by atoms with Gasteiger partial charge in [-0.1, -0.05) is 115 Å². The fraction of sp³-hybridized carbons (Fsp3) is 0.848. The van der Waals surface area contributed by atoms with Crippen molar-refractivity contribution in [2.24, 2.45) is 0 Å². The number of nitrogens with zero attached hydrogens (tertiary/aromatic N) is 1. The van der Waals surface area contributed by atoms with Gasteiger partial charge in [0.05, 0.1) is 23.7 Å². The maximum absolute atomic E-state index is 12.2. The van der Waals surface area contributed by atoms with Crippen LogP contribution < -0.4 is 9.88 Å². The third-order valence-electron chi connectivity index (χ3n) is 8.15. The van der Waals surface area contributed by atoms with E-state index in [2.05, 4.69) is 28.4 Å². The Morgan fingerprint density at radius 2 is 1.44 bits per heavy atom. The molecule has 2 rings (SSSR count). The minimum Gasteiger partial charge on any atom is -0.469 e. The molecule has 0 bridgehead atoms. The summed E-state index contributed by atoms with van der Waals surface area (Å²) in [6.45, 7) is 4.43. The van der Waals surface area contributed by atoms with Crippen molar-refractivity contribution in [1.82, 2.24) is 5.32 Å². The van der Waals surface area contributed by atoms with Gasteiger partial charge in [0.2, 0.25) is 5.01 Å². The van der Waals surface area contributed by atoms with Crippen molar-refractivity contribution in [2.45, 2.75) is 153 Å². The lowest BCUT2D eigenvalue weighted by Gasteiger charge is -2.32. The van der Waals surface area contributed by atoms with Crippen molar-refractivity contribution in [1.29, 1.82) is 0 Å². The second-order valence-corrected chi connectivity index (χ2v) is 13.8. The molecule has 236 valence electrons. The summed E-state index contributed by atoms with van der Waals surface area (Å²) < 4.78 is 12.6. The third-order valence-corrected chi connectivity index (χ3v) is 10.6. The monoisotopic (exact) mass is 611 g/mol. The van der Waals surface area contributed by atoms with E-state index in [1.165, 1.54) is 108 Å². The second kappa shape index (κ2) is 24.2. The molecule has 1 N–H and O–H groups in total. The number of thiazole rings is 1. The number of esters is 1. The number of thioether (sulfide) groups is 1. The van der Waals surface area contributed by atoms with Crippen molar-refractivity contribution in [3.8, 4) is 0 Å². The molecular weight excluding hydrogens is 553 g/mol. The first-order valence-corrected chi connectivity index (χ1v) is 18.6. The molecule has 0 aliphatic carbocycles. The van der Waals surface area contributed by atoms with Gasteiger partial charge in [-0.2, -0.15) is 16.3 Å². The molecule has 1 aliphatic heterocycles. The first-order chi connectivity index (χ1) is 20.2. The van der Waals surface area contributed by atoms with E-state index in [-0.39, 0.29) is 12.1 Å². The predicted octanol–water partition coefficient (Wildman–Crippen LogP) is 8.96. The third kappa shape index (κ3) is 16.8. The van der Waals surface area contributed by atoms with Gasteiger partial charge in [-0.3, -0.25) is 4.79 Å². The van der Waals surface area contributed by atoms with Gasteiger partial charge in [-0.05, 0) is 19.3 Å². The maximum Gasteiger partial charge on any atom is 0.407 e. The molecular formula is C33H59N2O4S2+. The van der Waals surface area contributed by atoms with Crippen molar-refractivity contribution >= 4 is 35.2 Å². The van der Waals surface area contributed by atoms with Crippen LogP contribution in [-0.4, -0.2) is 43.3 Å². The number of alkyl carbamates (subject to hydrolysis) is 1. The highest BCUT2D eigenvalue weighted by Gasteiger charge is 2.40. The number of nitrogens with one attached hydrogen (secondary N) is 1. The van der Waals surface area contributed by atoms with E-state index in [9.17, 15) is 9.59 Å². The SMILES string of the molecule is CCCCCCCCCCCCCCCCCCNC(=O)OCC1SCC1c1scc[n+]1CCCCCC(=O)OC. The van der Waals surface area contributed by atoms with E-state index in [0.29, 0.717) is 30.7 Å².